The molecule has 0 radical (unpaired) electrons. The minimum atomic E-state index is 0. The highest BCUT2D eigenvalue weighted by atomic mass is 35.5. The second-order valence-electron chi connectivity index (χ2n) is 6.61. The van der Waals surface area contributed by atoms with E-state index in [4.69, 9.17) is 10.7 Å². The maximum atomic E-state index is 12.3. The first-order valence-corrected chi connectivity index (χ1v) is 9.55. The van der Waals surface area contributed by atoms with Crippen molar-refractivity contribution in [2.24, 2.45) is 5.73 Å². The van der Waals surface area contributed by atoms with Crippen molar-refractivity contribution in [3.63, 3.8) is 0 Å². The van der Waals surface area contributed by atoms with Crippen LogP contribution < -0.4 is 5.73 Å². The molecule has 1 aliphatic heterocycles. The van der Waals surface area contributed by atoms with E-state index in [1.807, 2.05) is 4.90 Å². The van der Waals surface area contributed by atoms with Crippen LogP contribution in [0.5, 0.6) is 0 Å². The molecule has 2 heterocycles. The Balaban J connectivity index is 0.00000225. The molecule has 4 nitrogen and oxygen atoms in total. The molecule has 1 saturated heterocycles. The van der Waals surface area contributed by atoms with Crippen molar-refractivity contribution in [2.75, 3.05) is 18.8 Å². The van der Waals surface area contributed by atoms with Crippen LogP contribution in [-0.4, -0.2) is 40.7 Å². The maximum Gasteiger partial charge on any atom is 0.223 e. The lowest BCUT2D eigenvalue weighted by molar-refractivity contribution is -0.131. The maximum absolute atomic E-state index is 12.3. The van der Waals surface area contributed by atoms with Crippen LogP contribution in [0.1, 0.15) is 30.4 Å². The zero-order valence-corrected chi connectivity index (χ0v) is 16.5. The number of pyridine rings is 1. The molecule has 0 spiro atoms. The third kappa shape index (κ3) is 5.09. The van der Waals surface area contributed by atoms with Gasteiger partial charge in [0.05, 0.1) is 10.5 Å². The van der Waals surface area contributed by atoms with Gasteiger partial charge in [-0.1, -0.05) is 11.6 Å². The van der Waals surface area contributed by atoms with Crippen molar-refractivity contribution in [3.8, 4) is 0 Å². The number of likely N-dealkylation sites (tertiary alicyclic amines) is 1. The molecule has 0 unspecified atom stereocenters. The number of fused-ring (bicyclic) bond motifs is 1. The number of amides is 1. The number of piperidine rings is 1. The lowest BCUT2D eigenvalue weighted by atomic mass is 10.1. The Morgan fingerprint density at radius 1 is 1.28 bits per heavy atom. The summed E-state index contributed by atoms with van der Waals surface area (Å²) in [7, 11) is 0. The molecule has 1 aliphatic rings. The fourth-order valence-corrected chi connectivity index (χ4v) is 4.01. The predicted octanol–water partition coefficient (Wildman–Crippen LogP) is 3.71. The van der Waals surface area contributed by atoms with Crippen LogP contribution in [0, 0.1) is 13.8 Å². The predicted molar refractivity (Wildman–Crippen MR) is 108 cm³/mol. The molecule has 25 heavy (non-hydrogen) atoms. The van der Waals surface area contributed by atoms with Gasteiger partial charge in [-0.05, 0) is 50.5 Å². The zero-order chi connectivity index (χ0) is 17.1. The van der Waals surface area contributed by atoms with Crippen LogP contribution in [0.2, 0.25) is 0 Å². The van der Waals surface area contributed by atoms with E-state index in [-0.39, 0.29) is 24.4 Å². The molecule has 1 fully saturated rings. The monoisotopic (exact) mass is 379 g/mol. The molecule has 3 rings (SSSR count). The Bertz CT molecular complexity index is 745. The van der Waals surface area contributed by atoms with E-state index in [9.17, 15) is 4.79 Å². The molecule has 136 valence electrons. The van der Waals surface area contributed by atoms with Gasteiger partial charge < -0.3 is 10.6 Å². The number of nitrogens with zero attached hydrogens (tertiary/aromatic N) is 2. The Morgan fingerprint density at radius 2 is 2.00 bits per heavy atom. The number of carbonyl (C=O) groups is 1. The molecule has 2 aromatic rings. The standard InChI is InChI=1S/C19H25N3OS.ClH/c1-13-3-4-17-16(11-13)14(2)12-18(21-17)24-10-7-19(23)22-8-5-15(20)6-9-22;/h3-4,11-12,15H,5-10,20H2,1-2H3;1H. The Labute approximate surface area is 160 Å². The average Bonchev–Trinajstić information content (AvgIpc) is 2.56. The minimum Gasteiger partial charge on any atom is -0.343 e. The highest BCUT2D eigenvalue weighted by Crippen LogP contribution is 2.25. The molecule has 1 amide bonds. The third-order valence-electron chi connectivity index (χ3n) is 4.61. The van der Waals surface area contributed by atoms with Gasteiger partial charge in [-0.2, -0.15) is 0 Å². The SMILES string of the molecule is Cc1ccc2nc(SCCC(=O)N3CCC(N)CC3)cc(C)c2c1.Cl. The average molecular weight is 380 g/mol. The number of aromatic nitrogens is 1. The number of halogens is 1. The zero-order valence-electron chi connectivity index (χ0n) is 14.8. The topological polar surface area (TPSA) is 59.2 Å². The van der Waals surface area contributed by atoms with Crippen molar-refractivity contribution in [2.45, 2.75) is 44.2 Å². The minimum absolute atomic E-state index is 0. The Kier molecular flexibility index (Phi) is 7.11. The number of nitrogens with two attached hydrogens (primary N) is 1. The van der Waals surface area contributed by atoms with Crippen LogP contribution in [0.15, 0.2) is 29.3 Å². The van der Waals surface area contributed by atoms with Crippen LogP contribution in [-0.2, 0) is 4.79 Å². The van der Waals surface area contributed by atoms with Crippen molar-refractivity contribution in [1.29, 1.82) is 0 Å². The molecule has 2 N–H and O–H groups in total. The van der Waals surface area contributed by atoms with Crippen LogP contribution in [0.3, 0.4) is 0 Å². The van der Waals surface area contributed by atoms with Gasteiger partial charge in [0.1, 0.15) is 0 Å². The highest BCUT2D eigenvalue weighted by Gasteiger charge is 2.20. The van der Waals surface area contributed by atoms with Gasteiger partial charge in [0.15, 0.2) is 0 Å². The largest absolute Gasteiger partial charge is 0.343 e. The normalized spacial score (nSPS) is 15.2. The van der Waals surface area contributed by atoms with Crippen molar-refractivity contribution in [3.05, 3.63) is 35.4 Å². The Hall–Kier alpha value is -1.30. The highest BCUT2D eigenvalue weighted by molar-refractivity contribution is 7.99. The molecule has 6 heteroatoms. The molecular weight excluding hydrogens is 354 g/mol. The van der Waals surface area contributed by atoms with Crippen LogP contribution in [0.25, 0.3) is 10.9 Å². The van der Waals surface area contributed by atoms with Gasteiger partial charge >= 0.3 is 0 Å². The first kappa shape index (κ1) is 20.0. The van der Waals surface area contributed by atoms with E-state index in [2.05, 4.69) is 38.1 Å². The van der Waals surface area contributed by atoms with Crippen molar-refractivity contribution >= 4 is 41.0 Å². The summed E-state index contributed by atoms with van der Waals surface area (Å²) in [5, 5.41) is 2.21. The summed E-state index contributed by atoms with van der Waals surface area (Å²) in [6, 6.07) is 8.72. The van der Waals surface area contributed by atoms with E-state index in [0.29, 0.717) is 6.42 Å². The van der Waals surface area contributed by atoms with Crippen LogP contribution in [0.4, 0.5) is 0 Å². The number of rotatable bonds is 4. The second-order valence-corrected chi connectivity index (χ2v) is 7.73. The van der Waals surface area contributed by atoms with Gasteiger partial charge in [-0.3, -0.25) is 4.79 Å². The van der Waals surface area contributed by atoms with Crippen molar-refractivity contribution in [1.82, 2.24) is 9.88 Å². The van der Waals surface area contributed by atoms with E-state index in [0.717, 1.165) is 42.2 Å². The summed E-state index contributed by atoms with van der Waals surface area (Å²) >= 11 is 1.66. The van der Waals surface area contributed by atoms with Gasteiger partial charge in [-0.25, -0.2) is 4.98 Å². The van der Waals surface area contributed by atoms with Crippen molar-refractivity contribution < 1.29 is 4.79 Å². The number of benzene rings is 1. The summed E-state index contributed by atoms with van der Waals surface area (Å²) in [5.74, 6) is 1.01. The number of thioether (sulfide) groups is 1. The first-order valence-electron chi connectivity index (χ1n) is 8.57. The molecule has 1 aromatic heterocycles. The van der Waals surface area contributed by atoms with Gasteiger partial charge in [0, 0.05) is 36.7 Å². The first-order chi connectivity index (χ1) is 11.5. The molecule has 0 saturated carbocycles. The second kappa shape index (κ2) is 8.88. The summed E-state index contributed by atoms with van der Waals surface area (Å²) in [5.41, 5.74) is 9.41. The molecule has 0 aliphatic carbocycles. The molecule has 0 bridgehead atoms. The number of hydrogen-bond acceptors (Lipinski definition) is 4. The number of carbonyl (C=O) groups excluding carboxylic acids is 1. The lowest BCUT2D eigenvalue weighted by Gasteiger charge is -2.30. The fraction of sp³-hybridized carbons (Fsp3) is 0.474. The number of hydrogen-bond donors (Lipinski definition) is 1. The summed E-state index contributed by atoms with van der Waals surface area (Å²) < 4.78 is 0. The Morgan fingerprint density at radius 3 is 2.72 bits per heavy atom. The third-order valence-corrected chi connectivity index (χ3v) is 5.52. The smallest absolute Gasteiger partial charge is 0.223 e. The lowest BCUT2D eigenvalue weighted by Crippen LogP contribution is -2.42. The van der Waals surface area contributed by atoms with Crippen LogP contribution >= 0.6 is 24.2 Å². The quantitative estimate of drug-likeness (QED) is 0.823. The molecule has 1 aromatic carbocycles. The molecular formula is C19H26ClN3OS. The van der Waals surface area contributed by atoms with E-state index in [1.165, 1.54) is 16.5 Å². The summed E-state index contributed by atoms with van der Waals surface area (Å²) in [4.78, 5) is 18.9. The van der Waals surface area contributed by atoms with Gasteiger partial charge in [0.2, 0.25) is 5.91 Å². The molecule has 0 atom stereocenters. The van der Waals surface area contributed by atoms with Gasteiger partial charge in [0.25, 0.3) is 0 Å². The van der Waals surface area contributed by atoms with Gasteiger partial charge in [-0.15, -0.1) is 24.2 Å². The summed E-state index contributed by atoms with van der Waals surface area (Å²) in [6.07, 6.45) is 2.40. The van der Waals surface area contributed by atoms with E-state index in [1.54, 1.807) is 11.8 Å². The summed E-state index contributed by atoms with van der Waals surface area (Å²) in [6.45, 7) is 5.82. The van der Waals surface area contributed by atoms with E-state index < -0.39 is 0 Å². The fourth-order valence-electron chi connectivity index (χ4n) is 3.10. The van der Waals surface area contributed by atoms with E-state index >= 15 is 0 Å². The number of aryl methyl sites for hydroxylation is 2.